The Balaban J connectivity index is 1.97. The first kappa shape index (κ1) is 19.8. The summed E-state index contributed by atoms with van der Waals surface area (Å²) in [7, 11) is -3.87. The van der Waals surface area contributed by atoms with Crippen molar-refractivity contribution in [1.29, 1.82) is 0 Å². The second-order valence-electron chi connectivity index (χ2n) is 6.93. The number of aromatic nitrogens is 1. The number of nitrogens with one attached hydrogen (secondary N) is 1. The maximum Gasteiger partial charge on any atom is 0.263 e. The van der Waals surface area contributed by atoms with Gasteiger partial charge in [-0.05, 0) is 42.2 Å². The fourth-order valence-electron chi connectivity index (χ4n) is 2.79. The lowest BCUT2D eigenvalue weighted by Gasteiger charge is -2.13. The highest BCUT2D eigenvalue weighted by Gasteiger charge is 2.21. The number of aryl methyl sites for hydroxylation is 1. The average Bonchev–Trinajstić information content (AvgIpc) is 2.69. The van der Waals surface area contributed by atoms with E-state index in [4.69, 9.17) is 0 Å². The minimum absolute atomic E-state index is 0.0207. The highest BCUT2D eigenvalue weighted by Crippen LogP contribution is 2.23. The number of carbonyl (C=O) groups is 1. The van der Waals surface area contributed by atoms with Crippen molar-refractivity contribution < 1.29 is 13.2 Å². The summed E-state index contributed by atoms with van der Waals surface area (Å²) in [5, 5.41) is 0. The molecule has 0 aliphatic rings. The van der Waals surface area contributed by atoms with Crippen LogP contribution in [0.4, 0.5) is 5.82 Å². The molecule has 1 aromatic heterocycles. The summed E-state index contributed by atoms with van der Waals surface area (Å²) < 4.78 is 28.1. The standard InChI is InChI=1S/C22H22N2O3S/c1-15(2)17-9-11-19(12-10-17)28(26,27)24-22-20(13-16(3)14-23-22)21(25)18-7-5-4-6-8-18/h4-15H,1-3H3,(H,23,24). The van der Waals surface area contributed by atoms with Gasteiger partial charge in [-0.25, -0.2) is 13.4 Å². The minimum atomic E-state index is -3.87. The predicted molar refractivity (Wildman–Crippen MR) is 110 cm³/mol. The maximum absolute atomic E-state index is 12.9. The molecule has 3 rings (SSSR count). The molecule has 2 aromatic carbocycles. The lowest BCUT2D eigenvalue weighted by atomic mass is 10.0. The Bertz CT molecular complexity index is 1090. The third-order valence-corrected chi connectivity index (χ3v) is 5.75. The number of anilines is 1. The lowest BCUT2D eigenvalue weighted by molar-refractivity contribution is 0.103. The van der Waals surface area contributed by atoms with Gasteiger partial charge in [0.2, 0.25) is 0 Å². The molecule has 28 heavy (non-hydrogen) atoms. The molecule has 6 heteroatoms. The molecular formula is C22H22N2O3S. The molecule has 0 aliphatic carbocycles. The first-order valence-electron chi connectivity index (χ1n) is 8.97. The quantitative estimate of drug-likeness (QED) is 0.623. The van der Waals surface area contributed by atoms with E-state index in [0.717, 1.165) is 11.1 Å². The molecule has 0 radical (unpaired) electrons. The normalized spacial score (nSPS) is 11.4. The smallest absolute Gasteiger partial charge is 0.263 e. The summed E-state index contributed by atoms with van der Waals surface area (Å²) in [6.45, 7) is 5.89. The first-order valence-corrected chi connectivity index (χ1v) is 10.5. The highest BCUT2D eigenvalue weighted by molar-refractivity contribution is 7.92. The molecule has 0 saturated carbocycles. The fourth-order valence-corrected chi connectivity index (χ4v) is 3.82. The van der Waals surface area contributed by atoms with Crippen LogP contribution in [-0.2, 0) is 10.0 Å². The third-order valence-electron chi connectivity index (χ3n) is 4.39. The van der Waals surface area contributed by atoms with Crippen LogP contribution in [0, 0.1) is 6.92 Å². The van der Waals surface area contributed by atoms with Gasteiger partial charge in [-0.2, -0.15) is 0 Å². The summed E-state index contributed by atoms with van der Waals surface area (Å²) in [5.41, 5.74) is 2.50. The van der Waals surface area contributed by atoms with E-state index in [9.17, 15) is 13.2 Å². The molecule has 0 atom stereocenters. The summed E-state index contributed by atoms with van der Waals surface area (Å²) in [4.78, 5) is 17.2. The van der Waals surface area contributed by atoms with Crippen LogP contribution in [0.25, 0.3) is 0 Å². The average molecular weight is 394 g/mol. The van der Waals surface area contributed by atoms with Gasteiger partial charge in [0, 0.05) is 11.8 Å². The minimum Gasteiger partial charge on any atom is -0.288 e. The molecule has 0 aliphatic heterocycles. The number of ketones is 1. The van der Waals surface area contributed by atoms with Crippen LogP contribution in [0.2, 0.25) is 0 Å². The van der Waals surface area contributed by atoms with Gasteiger partial charge in [0.25, 0.3) is 10.0 Å². The molecule has 0 unspecified atom stereocenters. The van der Waals surface area contributed by atoms with E-state index >= 15 is 0 Å². The zero-order valence-corrected chi connectivity index (χ0v) is 16.8. The van der Waals surface area contributed by atoms with Crippen molar-refractivity contribution >= 4 is 21.6 Å². The summed E-state index contributed by atoms with van der Waals surface area (Å²) in [6, 6.07) is 17.1. The molecule has 1 N–H and O–H groups in total. The first-order chi connectivity index (χ1) is 13.3. The lowest BCUT2D eigenvalue weighted by Crippen LogP contribution is -2.17. The zero-order valence-electron chi connectivity index (χ0n) is 16.0. The van der Waals surface area contributed by atoms with Gasteiger partial charge >= 0.3 is 0 Å². The topological polar surface area (TPSA) is 76.1 Å². The van der Waals surface area contributed by atoms with Crippen LogP contribution in [0.3, 0.4) is 0 Å². The van der Waals surface area contributed by atoms with Crippen molar-refractivity contribution in [2.45, 2.75) is 31.6 Å². The van der Waals surface area contributed by atoms with Crippen LogP contribution >= 0.6 is 0 Å². The number of pyridine rings is 1. The van der Waals surface area contributed by atoms with Gasteiger partial charge in [0.15, 0.2) is 11.6 Å². The molecule has 0 saturated heterocycles. The van der Waals surface area contributed by atoms with Gasteiger partial charge in [0.1, 0.15) is 0 Å². The maximum atomic E-state index is 12.9. The molecule has 0 amide bonds. The largest absolute Gasteiger partial charge is 0.288 e. The summed E-state index contributed by atoms with van der Waals surface area (Å²) in [5.74, 6) is 0.0376. The van der Waals surface area contributed by atoms with Gasteiger partial charge < -0.3 is 0 Å². The molecule has 3 aromatic rings. The van der Waals surface area contributed by atoms with E-state index < -0.39 is 10.0 Å². The number of nitrogens with zero attached hydrogens (tertiary/aromatic N) is 1. The van der Waals surface area contributed by atoms with E-state index in [1.165, 1.54) is 6.20 Å². The number of hydrogen-bond donors (Lipinski definition) is 1. The Morgan fingerprint density at radius 2 is 1.64 bits per heavy atom. The summed E-state index contributed by atoms with van der Waals surface area (Å²) in [6.07, 6.45) is 1.53. The molecule has 144 valence electrons. The van der Waals surface area contributed by atoms with Crippen molar-refractivity contribution in [1.82, 2.24) is 4.98 Å². The number of sulfonamides is 1. The van der Waals surface area contributed by atoms with Crippen molar-refractivity contribution in [2.75, 3.05) is 4.72 Å². The van der Waals surface area contributed by atoms with Crippen LogP contribution in [0.1, 0.15) is 46.8 Å². The zero-order chi connectivity index (χ0) is 20.3. The molecule has 5 nitrogen and oxygen atoms in total. The molecule has 0 spiro atoms. The highest BCUT2D eigenvalue weighted by atomic mass is 32.2. The van der Waals surface area contributed by atoms with Gasteiger partial charge in [-0.15, -0.1) is 0 Å². The van der Waals surface area contributed by atoms with Crippen LogP contribution in [-0.4, -0.2) is 19.2 Å². The SMILES string of the molecule is Cc1cnc(NS(=O)(=O)c2ccc(C(C)C)cc2)c(C(=O)c2ccccc2)c1. The van der Waals surface area contributed by atoms with E-state index in [1.54, 1.807) is 61.5 Å². The monoisotopic (exact) mass is 394 g/mol. The molecular weight excluding hydrogens is 372 g/mol. The van der Waals surface area contributed by atoms with Crippen LogP contribution in [0.5, 0.6) is 0 Å². The van der Waals surface area contributed by atoms with E-state index in [2.05, 4.69) is 9.71 Å². The van der Waals surface area contributed by atoms with Gasteiger partial charge in [0.05, 0.1) is 10.5 Å². The third kappa shape index (κ3) is 4.28. The Morgan fingerprint density at radius 3 is 2.25 bits per heavy atom. The Hall–Kier alpha value is -2.99. The van der Waals surface area contributed by atoms with Crippen molar-refractivity contribution in [3.63, 3.8) is 0 Å². The second-order valence-corrected chi connectivity index (χ2v) is 8.62. The molecule has 1 heterocycles. The Labute approximate surface area is 165 Å². The van der Waals surface area contributed by atoms with E-state index in [-0.39, 0.29) is 22.1 Å². The van der Waals surface area contributed by atoms with Gasteiger partial charge in [-0.1, -0.05) is 56.3 Å². The number of carbonyl (C=O) groups excluding carboxylic acids is 1. The molecule has 0 bridgehead atoms. The van der Waals surface area contributed by atoms with Crippen molar-refractivity contribution in [3.05, 3.63) is 89.1 Å². The fraction of sp³-hybridized carbons (Fsp3) is 0.182. The van der Waals surface area contributed by atoms with Crippen molar-refractivity contribution in [3.8, 4) is 0 Å². The van der Waals surface area contributed by atoms with E-state index in [0.29, 0.717) is 11.5 Å². The number of benzene rings is 2. The second kappa shape index (κ2) is 7.94. The molecule has 0 fully saturated rings. The van der Waals surface area contributed by atoms with Crippen LogP contribution in [0.15, 0.2) is 71.8 Å². The van der Waals surface area contributed by atoms with Crippen molar-refractivity contribution in [2.24, 2.45) is 0 Å². The Morgan fingerprint density at radius 1 is 1.00 bits per heavy atom. The van der Waals surface area contributed by atoms with Gasteiger partial charge in [-0.3, -0.25) is 9.52 Å². The number of rotatable bonds is 6. The van der Waals surface area contributed by atoms with Crippen LogP contribution < -0.4 is 4.72 Å². The predicted octanol–water partition coefficient (Wildman–Crippen LogP) is 4.55. The van der Waals surface area contributed by atoms with E-state index in [1.807, 2.05) is 19.9 Å². The Kier molecular flexibility index (Phi) is 5.61. The number of hydrogen-bond acceptors (Lipinski definition) is 4. The summed E-state index contributed by atoms with van der Waals surface area (Å²) >= 11 is 0.